The molecule has 19 heavy (non-hydrogen) atoms. The first-order valence-corrected chi connectivity index (χ1v) is 7.50. The highest BCUT2D eigenvalue weighted by atomic mass is 19.3. The van der Waals surface area contributed by atoms with Crippen LogP contribution < -0.4 is 5.73 Å². The summed E-state index contributed by atoms with van der Waals surface area (Å²) in [6.45, 7) is 9.18. The molecular formula is C14H27F2N3. The Balaban J connectivity index is 1.82. The summed E-state index contributed by atoms with van der Waals surface area (Å²) < 4.78 is 27.2. The Morgan fingerprint density at radius 2 is 1.84 bits per heavy atom. The van der Waals surface area contributed by atoms with Crippen LogP contribution in [-0.2, 0) is 0 Å². The van der Waals surface area contributed by atoms with Crippen LogP contribution in [0.3, 0.4) is 0 Å². The molecular weight excluding hydrogens is 248 g/mol. The van der Waals surface area contributed by atoms with Crippen LogP contribution in [0.1, 0.15) is 33.1 Å². The van der Waals surface area contributed by atoms with Gasteiger partial charge < -0.3 is 10.6 Å². The molecule has 3 nitrogen and oxygen atoms in total. The lowest BCUT2D eigenvalue weighted by atomic mass is 9.82. The quantitative estimate of drug-likeness (QED) is 0.852. The summed E-state index contributed by atoms with van der Waals surface area (Å²) in [6, 6.07) is -0.382. The van der Waals surface area contributed by atoms with Gasteiger partial charge in [-0.25, -0.2) is 8.78 Å². The normalized spacial score (nSPS) is 33.8. The van der Waals surface area contributed by atoms with Gasteiger partial charge in [0.15, 0.2) is 0 Å². The van der Waals surface area contributed by atoms with Gasteiger partial charge in [0, 0.05) is 45.2 Å². The molecule has 1 saturated carbocycles. The number of nitrogens with two attached hydrogens (primary N) is 1. The van der Waals surface area contributed by atoms with Crippen LogP contribution >= 0.6 is 0 Å². The number of hydrogen-bond acceptors (Lipinski definition) is 3. The maximum atomic E-state index is 13.6. The van der Waals surface area contributed by atoms with Crippen molar-refractivity contribution in [1.82, 2.24) is 9.80 Å². The Morgan fingerprint density at radius 3 is 2.42 bits per heavy atom. The zero-order valence-electron chi connectivity index (χ0n) is 12.1. The highest BCUT2D eigenvalue weighted by molar-refractivity contribution is 4.92. The van der Waals surface area contributed by atoms with Gasteiger partial charge in [0.2, 0.25) is 0 Å². The fourth-order valence-corrected chi connectivity index (χ4v) is 3.29. The Hall–Kier alpha value is -0.260. The molecule has 0 amide bonds. The van der Waals surface area contributed by atoms with Crippen LogP contribution in [0.2, 0.25) is 0 Å². The summed E-state index contributed by atoms with van der Waals surface area (Å²) in [6.07, 6.45) is 1.42. The molecule has 0 aromatic heterocycles. The van der Waals surface area contributed by atoms with Gasteiger partial charge in [-0.05, 0) is 32.6 Å². The van der Waals surface area contributed by atoms with Gasteiger partial charge in [0.05, 0.1) is 6.04 Å². The molecule has 2 N–H and O–H groups in total. The van der Waals surface area contributed by atoms with Gasteiger partial charge in [-0.1, -0.05) is 0 Å². The van der Waals surface area contributed by atoms with Crippen molar-refractivity contribution in [2.24, 2.45) is 11.7 Å². The number of rotatable bonds is 3. The standard InChI is InChI=1S/C14H27F2N3/c1-11(2)19-8-6-18(7-9-19)10-12-4-3-5-14(15,16)13(12)17/h11-13H,3-10,17H2,1-2H3/t12-,13-/m1/s1. The summed E-state index contributed by atoms with van der Waals surface area (Å²) in [5.41, 5.74) is 5.76. The number of alkyl halides is 2. The molecule has 5 heteroatoms. The monoisotopic (exact) mass is 275 g/mol. The largest absolute Gasteiger partial charge is 0.322 e. The second-order valence-corrected chi connectivity index (χ2v) is 6.37. The SMILES string of the molecule is CC(C)N1CCN(C[C@H]2CCCC(F)(F)[C@@H]2N)CC1. The van der Waals surface area contributed by atoms with E-state index in [2.05, 4.69) is 23.6 Å². The summed E-state index contributed by atoms with van der Waals surface area (Å²) in [7, 11) is 0. The lowest BCUT2D eigenvalue weighted by Gasteiger charge is -2.41. The van der Waals surface area contributed by atoms with Gasteiger partial charge in [-0.15, -0.1) is 0 Å². The molecule has 0 unspecified atom stereocenters. The van der Waals surface area contributed by atoms with Crippen molar-refractivity contribution >= 4 is 0 Å². The summed E-state index contributed by atoms with van der Waals surface area (Å²) in [5, 5.41) is 0. The molecule has 0 bridgehead atoms. The van der Waals surface area contributed by atoms with Crippen molar-refractivity contribution in [3.63, 3.8) is 0 Å². The Labute approximate surface area is 115 Å². The third-order valence-corrected chi connectivity index (χ3v) is 4.71. The van der Waals surface area contributed by atoms with Crippen molar-refractivity contribution in [3.05, 3.63) is 0 Å². The van der Waals surface area contributed by atoms with Crippen LogP contribution in [0, 0.1) is 5.92 Å². The molecule has 0 aromatic rings. The van der Waals surface area contributed by atoms with Gasteiger partial charge in [0.25, 0.3) is 5.92 Å². The predicted octanol–water partition coefficient (Wildman–Crippen LogP) is 1.78. The highest BCUT2D eigenvalue weighted by Crippen LogP contribution is 2.36. The van der Waals surface area contributed by atoms with Crippen molar-refractivity contribution < 1.29 is 8.78 Å². The molecule has 0 spiro atoms. The van der Waals surface area contributed by atoms with E-state index in [9.17, 15) is 8.78 Å². The fourth-order valence-electron chi connectivity index (χ4n) is 3.29. The molecule has 2 aliphatic rings. The van der Waals surface area contributed by atoms with E-state index in [1.54, 1.807) is 0 Å². The lowest BCUT2D eigenvalue weighted by molar-refractivity contribution is -0.0777. The molecule has 1 aliphatic carbocycles. The van der Waals surface area contributed by atoms with Crippen LogP contribution in [0.5, 0.6) is 0 Å². The molecule has 2 rings (SSSR count). The summed E-state index contributed by atoms with van der Waals surface area (Å²) in [5.74, 6) is -2.71. The minimum Gasteiger partial charge on any atom is -0.322 e. The van der Waals surface area contributed by atoms with Crippen LogP contribution in [0.15, 0.2) is 0 Å². The van der Waals surface area contributed by atoms with Gasteiger partial charge in [0.1, 0.15) is 0 Å². The first-order valence-electron chi connectivity index (χ1n) is 7.50. The smallest absolute Gasteiger partial charge is 0.263 e. The second kappa shape index (κ2) is 6.02. The third kappa shape index (κ3) is 3.64. The van der Waals surface area contributed by atoms with E-state index in [-0.39, 0.29) is 12.3 Å². The maximum Gasteiger partial charge on any atom is 0.263 e. The summed E-state index contributed by atoms with van der Waals surface area (Å²) in [4.78, 5) is 4.75. The van der Waals surface area contributed by atoms with Crippen LogP contribution in [0.4, 0.5) is 8.78 Å². The molecule has 1 heterocycles. The Bertz CT molecular complexity index is 288. The lowest BCUT2D eigenvalue weighted by Crippen LogP contribution is -2.55. The second-order valence-electron chi connectivity index (χ2n) is 6.37. The van der Waals surface area contributed by atoms with Crippen molar-refractivity contribution in [2.45, 2.75) is 51.1 Å². The van der Waals surface area contributed by atoms with Crippen molar-refractivity contribution in [1.29, 1.82) is 0 Å². The average Bonchev–Trinajstić information content (AvgIpc) is 2.35. The first-order chi connectivity index (χ1) is 8.90. The van der Waals surface area contributed by atoms with Gasteiger partial charge >= 0.3 is 0 Å². The van der Waals surface area contributed by atoms with Gasteiger partial charge in [-0.3, -0.25) is 4.90 Å². The number of nitrogens with zero attached hydrogens (tertiary/aromatic N) is 2. The maximum absolute atomic E-state index is 13.6. The first kappa shape index (κ1) is 15.1. The Kier molecular flexibility index (Phi) is 4.79. The van der Waals surface area contributed by atoms with Crippen molar-refractivity contribution in [3.8, 4) is 0 Å². The molecule has 1 aliphatic heterocycles. The van der Waals surface area contributed by atoms with E-state index in [1.165, 1.54) is 0 Å². The highest BCUT2D eigenvalue weighted by Gasteiger charge is 2.44. The van der Waals surface area contributed by atoms with E-state index in [4.69, 9.17) is 5.73 Å². The number of hydrogen-bond donors (Lipinski definition) is 1. The van der Waals surface area contributed by atoms with Crippen LogP contribution in [-0.4, -0.2) is 60.5 Å². The average molecular weight is 275 g/mol. The number of halogens is 2. The molecule has 0 aromatic carbocycles. The third-order valence-electron chi connectivity index (χ3n) is 4.71. The molecule has 2 atom stereocenters. The van der Waals surface area contributed by atoms with Crippen molar-refractivity contribution in [2.75, 3.05) is 32.7 Å². The molecule has 1 saturated heterocycles. The minimum absolute atomic E-state index is 0.0359. The van der Waals surface area contributed by atoms with E-state index in [0.29, 0.717) is 12.5 Å². The number of piperazine rings is 1. The van der Waals surface area contributed by atoms with E-state index >= 15 is 0 Å². The Morgan fingerprint density at radius 1 is 1.21 bits per heavy atom. The predicted molar refractivity (Wildman–Crippen MR) is 73.4 cm³/mol. The van der Waals surface area contributed by atoms with Crippen LogP contribution in [0.25, 0.3) is 0 Å². The molecule has 112 valence electrons. The zero-order chi connectivity index (χ0) is 14.0. The van der Waals surface area contributed by atoms with E-state index in [0.717, 1.165) is 39.1 Å². The minimum atomic E-state index is -2.66. The van der Waals surface area contributed by atoms with E-state index in [1.807, 2.05) is 0 Å². The molecule has 0 radical (unpaired) electrons. The van der Waals surface area contributed by atoms with E-state index < -0.39 is 12.0 Å². The zero-order valence-corrected chi connectivity index (χ0v) is 12.1. The summed E-state index contributed by atoms with van der Waals surface area (Å²) >= 11 is 0. The molecule has 2 fully saturated rings. The van der Waals surface area contributed by atoms with Gasteiger partial charge in [-0.2, -0.15) is 0 Å². The topological polar surface area (TPSA) is 32.5 Å². The fraction of sp³-hybridized carbons (Fsp3) is 1.00.